The smallest absolute Gasteiger partial charge is 0.124 e. The fourth-order valence-electron chi connectivity index (χ4n) is 2.24. The molecule has 0 aliphatic heterocycles. The summed E-state index contributed by atoms with van der Waals surface area (Å²) in [6.07, 6.45) is 1.09. The number of nitrogens with one attached hydrogen (secondary N) is 1. The van der Waals surface area contributed by atoms with Gasteiger partial charge in [0.2, 0.25) is 0 Å². The molecule has 1 N–H and O–H groups in total. The molecule has 0 aromatic heterocycles. The van der Waals surface area contributed by atoms with Crippen LogP contribution in [0.1, 0.15) is 45.7 Å². The topological polar surface area (TPSA) is 30.5 Å². The molecule has 2 unspecified atom stereocenters. The van der Waals surface area contributed by atoms with Gasteiger partial charge in [-0.15, -0.1) is 0 Å². The lowest BCUT2D eigenvalue weighted by atomic mass is 9.77. The summed E-state index contributed by atoms with van der Waals surface area (Å²) < 4.78 is 10.9. The minimum absolute atomic E-state index is 0.304. The molecule has 0 spiro atoms. The number of hydrogen-bond acceptors (Lipinski definition) is 3. The van der Waals surface area contributed by atoms with Crippen LogP contribution >= 0.6 is 0 Å². The third-order valence-corrected chi connectivity index (χ3v) is 4.26. The van der Waals surface area contributed by atoms with Gasteiger partial charge in [0.15, 0.2) is 0 Å². The van der Waals surface area contributed by atoms with Crippen LogP contribution in [0.3, 0.4) is 0 Å². The van der Waals surface area contributed by atoms with Crippen molar-refractivity contribution in [3.05, 3.63) is 29.8 Å². The molecule has 1 rings (SSSR count). The van der Waals surface area contributed by atoms with Gasteiger partial charge in [-0.1, -0.05) is 45.9 Å². The minimum Gasteiger partial charge on any atom is -0.491 e. The van der Waals surface area contributed by atoms with Crippen molar-refractivity contribution >= 4 is 0 Å². The first-order valence-electron chi connectivity index (χ1n) is 7.78. The molecule has 21 heavy (non-hydrogen) atoms. The summed E-state index contributed by atoms with van der Waals surface area (Å²) in [7, 11) is 3.71. The normalized spacial score (nSPS) is 14.8. The van der Waals surface area contributed by atoms with Gasteiger partial charge < -0.3 is 14.8 Å². The van der Waals surface area contributed by atoms with E-state index in [1.54, 1.807) is 7.11 Å². The fourth-order valence-corrected chi connectivity index (χ4v) is 2.24. The number of ether oxygens (including phenoxy) is 2. The zero-order valence-corrected chi connectivity index (χ0v) is 14.4. The highest BCUT2D eigenvalue weighted by atomic mass is 16.5. The molecule has 1 aromatic carbocycles. The first-order valence-corrected chi connectivity index (χ1v) is 7.78. The van der Waals surface area contributed by atoms with E-state index in [-0.39, 0.29) is 0 Å². The molecule has 0 aliphatic rings. The highest BCUT2D eigenvalue weighted by molar-refractivity contribution is 5.36. The van der Waals surface area contributed by atoms with E-state index in [1.165, 1.54) is 5.56 Å². The van der Waals surface area contributed by atoms with Gasteiger partial charge >= 0.3 is 0 Å². The second kappa shape index (κ2) is 8.40. The van der Waals surface area contributed by atoms with Gasteiger partial charge in [-0.3, -0.25) is 0 Å². The Balaban J connectivity index is 2.84. The predicted octanol–water partition coefficient (Wildman–Crippen LogP) is 4.04. The fraction of sp³-hybridized carbons (Fsp3) is 0.667. The molecule has 0 amide bonds. The largest absolute Gasteiger partial charge is 0.491 e. The molecule has 0 saturated heterocycles. The molecule has 0 bridgehead atoms. The van der Waals surface area contributed by atoms with Gasteiger partial charge in [0.05, 0.1) is 6.61 Å². The quantitative estimate of drug-likeness (QED) is 0.734. The van der Waals surface area contributed by atoms with Crippen molar-refractivity contribution in [2.45, 2.75) is 40.2 Å². The molecule has 3 nitrogen and oxygen atoms in total. The number of para-hydroxylation sites is 1. The van der Waals surface area contributed by atoms with Crippen molar-refractivity contribution in [1.82, 2.24) is 5.32 Å². The molecule has 120 valence electrons. The van der Waals surface area contributed by atoms with Crippen molar-refractivity contribution < 1.29 is 9.47 Å². The zero-order chi connectivity index (χ0) is 15.9. The molecule has 3 heteroatoms. The number of hydrogen-bond donors (Lipinski definition) is 1. The second-order valence-corrected chi connectivity index (χ2v) is 6.72. The van der Waals surface area contributed by atoms with E-state index in [1.807, 2.05) is 19.2 Å². The number of rotatable bonds is 8. The van der Waals surface area contributed by atoms with Gasteiger partial charge in [0.25, 0.3) is 0 Å². The maximum absolute atomic E-state index is 5.86. The maximum Gasteiger partial charge on any atom is 0.124 e. The Hall–Kier alpha value is -1.06. The van der Waals surface area contributed by atoms with Crippen LogP contribution in [0.2, 0.25) is 0 Å². The van der Waals surface area contributed by atoms with Crippen LogP contribution in [0, 0.1) is 11.3 Å². The van der Waals surface area contributed by atoms with E-state index in [9.17, 15) is 0 Å². The van der Waals surface area contributed by atoms with Crippen molar-refractivity contribution in [3.8, 4) is 5.75 Å². The lowest BCUT2D eigenvalue weighted by Crippen LogP contribution is -2.26. The van der Waals surface area contributed by atoms with E-state index in [0.717, 1.165) is 12.2 Å². The summed E-state index contributed by atoms with van der Waals surface area (Å²) in [6.45, 7) is 10.4. The molecule has 0 aliphatic carbocycles. The van der Waals surface area contributed by atoms with Gasteiger partial charge in [-0.05, 0) is 30.9 Å². The zero-order valence-electron chi connectivity index (χ0n) is 14.4. The highest BCUT2D eigenvalue weighted by Gasteiger charge is 2.25. The Bertz CT molecular complexity index is 412. The molecule has 0 heterocycles. The Labute approximate surface area is 130 Å². The third-order valence-electron chi connectivity index (χ3n) is 4.26. The molecule has 0 radical (unpaired) electrons. The van der Waals surface area contributed by atoms with Crippen LogP contribution in [0.15, 0.2) is 24.3 Å². The summed E-state index contributed by atoms with van der Waals surface area (Å²) in [5.74, 6) is 1.57. The first kappa shape index (κ1) is 18.0. The number of methoxy groups -OCH3 is 1. The van der Waals surface area contributed by atoms with Crippen molar-refractivity contribution in [2.24, 2.45) is 11.3 Å². The molecule has 1 aromatic rings. The first-order chi connectivity index (χ1) is 9.90. The third kappa shape index (κ3) is 5.68. The molecule has 0 saturated carbocycles. The van der Waals surface area contributed by atoms with Gasteiger partial charge in [-0.2, -0.15) is 0 Å². The van der Waals surface area contributed by atoms with Crippen LogP contribution in [-0.2, 0) is 4.74 Å². The summed E-state index contributed by atoms with van der Waals surface area (Å²) in [5.41, 5.74) is 1.54. The Morgan fingerprint density at radius 1 is 1.14 bits per heavy atom. The average Bonchev–Trinajstić information content (AvgIpc) is 2.44. The SMILES string of the molecule is CNC(CC(C)C(C)(C)C)c1ccccc1OCCOC. The van der Waals surface area contributed by atoms with E-state index in [0.29, 0.717) is 30.6 Å². The predicted molar refractivity (Wildman–Crippen MR) is 88.8 cm³/mol. The second-order valence-electron chi connectivity index (χ2n) is 6.72. The highest BCUT2D eigenvalue weighted by Crippen LogP contribution is 2.35. The molecular formula is C18H31NO2. The Morgan fingerprint density at radius 3 is 2.38 bits per heavy atom. The average molecular weight is 293 g/mol. The van der Waals surface area contributed by atoms with Crippen LogP contribution < -0.4 is 10.1 Å². The number of benzene rings is 1. The standard InChI is InChI=1S/C18H31NO2/c1-14(18(2,3)4)13-16(19-5)15-9-7-8-10-17(15)21-12-11-20-6/h7-10,14,16,19H,11-13H2,1-6H3. The van der Waals surface area contributed by atoms with Gasteiger partial charge in [0, 0.05) is 18.7 Å². The van der Waals surface area contributed by atoms with Crippen molar-refractivity contribution in [1.29, 1.82) is 0 Å². The van der Waals surface area contributed by atoms with E-state index in [4.69, 9.17) is 9.47 Å². The van der Waals surface area contributed by atoms with Crippen LogP contribution in [0.5, 0.6) is 5.75 Å². The van der Waals surface area contributed by atoms with Gasteiger partial charge in [-0.25, -0.2) is 0 Å². The van der Waals surface area contributed by atoms with Crippen LogP contribution in [0.25, 0.3) is 0 Å². The van der Waals surface area contributed by atoms with Crippen LogP contribution in [-0.4, -0.2) is 27.4 Å². The lowest BCUT2D eigenvalue weighted by Gasteiger charge is -2.31. The Kier molecular flexibility index (Phi) is 7.20. The van der Waals surface area contributed by atoms with E-state index >= 15 is 0 Å². The Morgan fingerprint density at radius 2 is 1.81 bits per heavy atom. The minimum atomic E-state index is 0.304. The molecule has 2 atom stereocenters. The summed E-state index contributed by atoms with van der Waals surface area (Å²) >= 11 is 0. The monoisotopic (exact) mass is 293 g/mol. The van der Waals surface area contributed by atoms with Crippen LogP contribution in [0.4, 0.5) is 0 Å². The van der Waals surface area contributed by atoms with Gasteiger partial charge in [0.1, 0.15) is 12.4 Å². The molecular weight excluding hydrogens is 262 g/mol. The maximum atomic E-state index is 5.86. The molecule has 0 fully saturated rings. The van der Waals surface area contributed by atoms with E-state index < -0.39 is 0 Å². The summed E-state index contributed by atoms with van der Waals surface area (Å²) in [5, 5.41) is 3.44. The summed E-state index contributed by atoms with van der Waals surface area (Å²) in [6, 6.07) is 8.59. The van der Waals surface area contributed by atoms with E-state index in [2.05, 4.69) is 45.1 Å². The lowest BCUT2D eigenvalue weighted by molar-refractivity contribution is 0.145. The van der Waals surface area contributed by atoms with Crippen molar-refractivity contribution in [3.63, 3.8) is 0 Å². The van der Waals surface area contributed by atoms with Crippen molar-refractivity contribution in [2.75, 3.05) is 27.4 Å². The summed E-state index contributed by atoms with van der Waals surface area (Å²) in [4.78, 5) is 0.